The number of aromatic nitrogens is 1. The summed E-state index contributed by atoms with van der Waals surface area (Å²) in [5.74, 6) is 0.442. The zero-order chi connectivity index (χ0) is 26.6. The van der Waals surface area contributed by atoms with Crippen LogP contribution in [-0.2, 0) is 4.74 Å². The van der Waals surface area contributed by atoms with Gasteiger partial charge in [-0.3, -0.25) is 19.8 Å². The summed E-state index contributed by atoms with van der Waals surface area (Å²) in [4.78, 5) is 45.7. The summed E-state index contributed by atoms with van der Waals surface area (Å²) in [5.41, 5.74) is 8.15. The summed E-state index contributed by atoms with van der Waals surface area (Å²) >= 11 is 0. The molecule has 0 saturated carbocycles. The first-order chi connectivity index (χ1) is 18.4. The standard InChI is InChI=1S/C26H27N7O5/c27-19-4-9-24(28-15-19)31-12-10-30(11-13-31)20-5-7-21(8-6-20)32-17-23(38-26(32)35)16-29-25(34)18-2-1-3-22(14-18)33(36)37/h1-9,14-15,23H,10-13,16-17,27H2,(H,29,34). The Morgan fingerprint density at radius 2 is 1.76 bits per heavy atom. The third-order valence-electron chi connectivity index (χ3n) is 6.58. The molecule has 2 saturated heterocycles. The summed E-state index contributed by atoms with van der Waals surface area (Å²) in [6.45, 7) is 3.71. The number of anilines is 4. The number of benzene rings is 2. The third kappa shape index (κ3) is 5.43. The van der Waals surface area contributed by atoms with Gasteiger partial charge in [-0.05, 0) is 42.5 Å². The van der Waals surface area contributed by atoms with Crippen LogP contribution in [0.5, 0.6) is 0 Å². The van der Waals surface area contributed by atoms with Crippen LogP contribution in [0.15, 0.2) is 66.9 Å². The predicted molar refractivity (Wildman–Crippen MR) is 143 cm³/mol. The van der Waals surface area contributed by atoms with Crippen LogP contribution in [0, 0.1) is 10.1 Å². The number of ether oxygens (including phenoxy) is 1. The molecule has 38 heavy (non-hydrogen) atoms. The van der Waals surface area contributed by atoms with Gasteiger partial charge in [0.05, 0.1) is 29.9 Å². The lowest BCUT2D eigenvalue weighted by Crippen LogP contribution is -2.46. The Balaban J connectivity index is 1.13. The van der Waals surface area contributed by atoms with Crippen molar-refractivity contribution in [2.45, 2.75) is 6.10 Å². The van der Waals surface area contributed by atoms with E-state index in [4.69, 9.17) is 10.5 Å². The van der Waals surface area contributed by atoms with Crippen molar-refractivity contribution in [3.05, 3.63) is 82.5 Å². The van der Waals surface area contributed by atoms with Crippen LogP contribution < -0.4 is 25.8 Å². The van der Waals surface area contributed by atoms with Gasteiger partial charge < -0.3 is 25.6 Å². The molecule has 5 rings (SSSR count). The molecule has 0 spiro atoms. The van der Waals surface area contributed by atoms with Crippen LogP contribution in [0.4, 0.5) is 33.4 Å². The van der Waals surface area contributed by atoms with E-state index in [1.807, 2.05) is 36.4 Å². The van der Waals surface area contributed by atoms with Crippen LogP contribution in [0.3, 0.4) is 0 Å². The molecule has 2 aliphatic heterocycles. The number of piperazine rings is 1. The van der Waals surface area contributed by atoms with E-state index in [-0.39, 0.29) is 24.3 Å². The van der Waals surface area contributed by atoms with E-state index in [1.165, 1.54) is 29.2 Å². The molecule has 3 heterocycles. The smallest absolute Gasteiger partial charge is 0.414 e. The minimum absolute atomic E-state index is 0.0923. The molecule has 2 fully saturated rings. The lowest BCUT2D eigenvalue weighted by molar-refractivity contribution is -0.384. The lowest BCUT2D eigenvalue weighted by Gasteiger charge is -2.36. The molecule has 1 atom stereocenters. The van der Waals surface area contributed by atoms with Gasteiger partial charge in [-0.2, -0.15) is 0 Å². The maximum atomic E-state index is 12.5. The molecule has 2 aromatic carbocycles. The zero-order valence-corrected chi connectivity index (χ0v) is 20.5. The number of non-ortho nitro benzene ring substituents is 1. The highest BCUT2D eigenvalue weighted by atomic mass is 16.6. The Bertz CT molecular complexity index is 1320. The van der Waals surface area contributed by atoms with Gasteiger partial charge in [0.15, 0.2) is 0 Å². The Morgan fingerprint density at radius 1 is 1.05 bits per heavy atom. The highest BCUT2D eigenvalue weighted by Crippen LogP contribution is 2.26. The SMILES string of the molecule is Nc1ccc(N2CCN(c3ccc(N4CC(CNC(=O)c5cccc([N+](=O)[O-])c5)OC4=O)cc3)CC2)nc1. The van der Waals surface area contributed by atoms with Crippen LogP contribution in [0.25, 0.3) is 0 Å². The number of nitrogens with two attached hydrogens (primary N) is 1. The highest BCUT2D eigenvalue weighted by molar-refractivity contribution is 5.95. The van der Waals surface area contributed by atoms with Gasteiger partial charge in [0, 0.05) is 55.2 Å². The fraction of sp³-hybridized carbons (Fsp3) is 0.269. The second-order valence-electron chi connectivity index (χ2n) is 9.07. The number of nitrogen functional groups attached to an aromatic ring is 1. The quantitative estimate of drug-likeness (QED) is 0.356. The number of nitro groups is 1. The molecular formula is C26H27N7O5. The number of nitrogens with one attached hydrogen (secondary N) is 1. The van der Waals surface area contributed by atoms with Crippen molar-refractivity contribution in [3.63, 3.8) is 0 Å². The van der Waals surface area contributed by atoms with Crippen LogP contribution in [-0.4, -0.2) is 67.3 Å². The average Bonchev–Trinajstić information content (AvgIpc) is 3.32. The van der Waals surface area contributed by atoms with Crippen molar-refractivity contribution in [2.24, 2.45) is 0 Å². The van der Waals surface area contributed by atoms with E-state index in [9.17, 15) is 19.7 Å². The van der Waals surface area contributed by atoms with Gasteiger partial charge in [0.2, 0.25) is 0 Å². The maximum absolute atomic E-state index is 12.5. The highest BCUT2D eigenvalue weighted by Gasteiger charge is 2.32. The first-order valence-electron chi connectivity index (χ1n) is 12.2. The summed E-state index contributed by atoms with van der Waals surface area (Å²) in [5, 5.41) is 13.6. The molecular weight excluding hydrogens is 490 g/mol. The van der Waals surface area contributed by atoms with Crippen molar-refractivity contribution < 1.29 is 19.2 Å². The number of nitrogens with zero attached hydrogens (tertiary/aromatic N) is 5. The number of hydrogen-bond donors (Lipinski definition) is 2. The summed E-state index contributed by atoms with van der Waals surface area (Å²) in [6, 6.07) is 17.0. The van der Waals surface area contributed by atoms with Gasteiger partial charge in [0.1, 0.15) is 11.9 Å². The van der Waals surface area contributed by atoms with E-state index in [0.717, 1.165) is 37.7 Å². The van der Waals surface area contributed by atoms with Gasteiger partial charge in [0.25, 0.3) is 11.6 Å². The number of nitro benzene ring substituents is 1. The summed E-state index contributed by atoms with van der Waals surface area (Å²) in [7, 11) is 0. The van der Waals surface area contributed by atoms with Crippen LogP contribution in [0.2, 0.25) is 0 Å². The molecule has 196 valence electrons. The number of amides is 2. The third-order valence-corrected chi connectivity index (χ3v) is 6.58. The summed E-state index contributed by atoms with van der Waals surface area (Å²) < 4.78 is 5.42. The number of cyclic esters (lactones) is 1. The average molecular weight is 518 g/mol. The number of pyridine rings is 1. The number of carbonyl (C=O) groups excluding carboxylic acids is 2. The minimum Gasteiger partial charge on any atom is -0.442 e. The van der Waals surface area contributed by atoms with E-state index in [1.54, 1.807) is 6.20 Å². The molecule has 3 N–H and O–H groups in total. The number of carbonyl (C=O) groups is 2. The Morgan fingerprint density at radius 3 is 2.45 bits per heavy atom. The predicted octanol–water partition coefficient (Wildman–Crippen LogP) is 2.65. The monoisotopic (exact) mass is 517 g/mol. The topological polar surface area (TPSA) is 147 Å². The fourth-order valence-corrected chi connectivity index (χ4v) is 4.53. The molecule has 2 aliphatic rings. The number of hydrogen-bond acceptors (Lipinski definition) is 9. The first kappa shape index (κ1) is 24.8. The van der Waals surface area contributed by atoms with Crippen LogP contribution in [0.1, 0.15) is 10.4 Å². The molecule has 0 bridgehead atoms. The zero-order valence-electron chi connectivity index (χ0n) is 20.5. The fourth-order valence-electron chi connectivity index (χ4n) is 4.53. The van der Waals surface area contributed by atoms with E-state index in [2.05, 4.69) is 20.1 Å². The lowest BCUT2D eigenvalue weighted by atomic mass is 10.2. The summed E-state index contributed by atoms with van der Waals surface area (Å²) in [6.07, 6.45) is 0.636. The molecule has 1 unspecified atom stereocenters. The number of rotatable bonds is 7. The molecule has 1 aromatic heterocycles. The van der Waals surface area contributed by atoms with E-state index in [0.29, 0.717) is 11.4 Å². The van der Waals surface area contributed by atoms with E-state index < -0.39 is 23.0 Å². The van der Waals surface area contributed by atoms with Crippen LogP contribution >= 0.6 is 0 Å². The Hall–Kier alpha value is -4.87. The van der Waals surface area contributed by atoms with Gasteiger partial charge in [-0.15, -0.1) is 0 Å². The second kappa shape index (κ2) is 10.6. The molecule has 3 aromatic rings. The first-order valence-corrected chi connectivity index (χ1v) is 12.2. The van der Waals surface area contributed by atoms with Gasteiger partial charge in [-0.1, -0.05) is 6.07 Å². The molecule has 12 heteroatoms. The van der Waals surface area contributed by atoms with Crippen molar-refractivity contribution >= 4 is 40.6 Å². The molecule has 0 radical (unpaired) electrons. The Labute approximate surface area is 218 Å². The maximum Gasteiger partial charge on any atom is 0.414 e. The van der Waals surface area contributed by atoms with Crippen molar-refractivity contribution in [1.29, 1.82) is 0 Å². The normalized spacial score (nSPS) is 17.3. The van der Waals surface area contributed by atoms with Crippen molar-refractivity contribution in [1.82, 2.24) is 10.3 Å². The van der Waals surface area contributed by atoms with Crippen molar-refractivity contribution in [3.8, 4) is 0 Å². The van der Waals surface area contributed by atoms with Gasteiger partial charge in [-0.25, -0.2) is 9.78 Å². The molecule has 12 nitrogen and oxygen atoms in total. The minimum atomic E-state index is -0.558. The van der Waals surface area contributed by atoms with E-state index >= 15 is 0 Å². The molecule has 2 amide bonds. The Kier molecular flexibility index (Phi) is 6.94. The second-order valence-corrected chi connectivity index (χ2v) is 9.07. The molecule has 0 aliphatic carbocycles. The largest absolute Gasteiger partial charge is 0.442 e. The van der Waals surface area contributed by atoms with Crippen molar-refractivity contribution in [2.75, 3.05) is 59.7 Å². The van der Waals surface area contributed by atoms with Gasteiger partial charge >= 0.3 is 6.09 Å².